The molecular weight excluding hydrogens is 395 g/mol. The molecule has 1 saturated carbocycles. The molecule has 0 unspecified atom stereocenters. The Morgan fingerprint density at radius 1 is 1.40 bits per heavy atom. The average molecular weight is 413 g/mol. The Morgan fingerprint density at radius 2 is 2.20 bits per heavy atom. The Morgan fingerprint density at radius 3 is 2.88 bits per heavy atom. The van der Waals surface area contributed by atoms with Crippen LogP contribution < -0.4 is 4.74 Å². The number of likely N-dealkylation sites (tertiary alicyclic amines) is 1. The summed E-state index contributed by atoms with van der Waals surface area (Å²) < 4.78 is 22.6. The normalized spacial score (nSPS) is 23.8. The first-order valence-electron chi connectivity index (χ1n) is 8.33. The van der Waals surface area contributed by atoms with Gasteiger partial charge in [-0.3, -0.25) is 0 Å². The molecule has 1 aliphatic carbocycles. The molecule has 2 aliphatic rings. The van der Waals surface area contributed by atoms with Crippen LogP contribution in [0.2, 0.25) is 0 Å². The molecule has 1 aliphatic heterocycles. The molecule has 134 valence electrons. The van der Waals surface area contributed by atoms with Crippen molar-refractivity contribution in [3.63, 3.8) is 0 Å². The molecule has 1 aromatic carbocycles. The second kappa shape index (κ2) is 6.44. The van der Waals surface area contributed by atoms with E-state index in [9.17, 15) is 9.18 Å². The second-order valence-electron chi connectivity index (χ2n) is 6.65. The molecule has 1 amide bonds. The van der Waals surface area contributed by atoms with Crippen LogP contribution >= 0.6 is 15.9 Å². The summed E-state index contributed by atoms with van der Waals surface area (Å²) in [5.74, 6) is 1.19. The van der Waals surface area contributed by atoms with Gasteiger partial charge in [0.25, 0.3) is 0 Å². The molecule has 25 heavy (non-hydrogen) atoms. The summed E-state index contributed by atoms with van der Waals surface area (Å²) in [7, 11) is 0. The van der Waals surface area contributed by atoms with Gasteiger partial charge in [-0.2, -0.15) is 0 Å². The van der Waals surface area contributed by atoms with Gasteiger partial charge >= 0.3 is 6.09 Å². The maximum Gasteiger partial charge on any atom is 0.407 e. The summed E-state index contributed by atoms with van der Waals surface area (Å²) >= 11 is 3.49. The molecule has 2 atom stereocenters. The molecular formula is C16H18BrFN4O3. The lowest BCUT2D eigenvalue weighted by molar-refractivity contribution is 0.0246. The van der Waals surface area contributed by atoms with Crippen molar-refractivity contribution in [1.82, 2.24) is 19.9 Å². The van der Waals surface area contributed by atoms with Crippen LogP contribution in [0.1, 0.15) is 19.3 Å². The average Bonchev–Trinajstić information content (AvgIpc) is 3.30. The van der Waals surface area contributed by atoms with Crippen molar-refractivity contribution in [3.8, 4) is 5.75 Å². The lowest BCUT2D eigenvalue weighted by Gasteiger charge is -2.33. The number of aromatic nitrogens is 3. The number of piperidine rings is 1. The maximum absolute atomic E-state index is 14.3. The fourth-order valence-corrected chi connectivity index (χ4v) is 3.62. The summed E-state index contributed by atoms with van der Waals surface area (Å²) in [6.07, 6.45) is -0.362. The summed E-state index contributed by atoms with van der Waals surface area (Å²) in [5, 5.41) is 17.4. The highest BCUT2D eigenvalue weighted by molar-refractivity contribution is 9.10. The minimum atomic E-state index is -1.36. The van der Waals surface area contributed by atoms with E-state index in [-0.39, 0.29) is 13.1 Å². The summed E-state index contributed by atoms with van der Waals surface area (Å²) in [5.41, 5.74) is 1.61. The van der Waals surface area contributed by atoms with E-state index in [1.54, 1.807) is 6.07 Å². The molecule has 1 aromatic heterocycles. The van der Waals surface area contributed by atoms with Gasteiger partial charge in [0.1, 0.15) is 17.4 Å². The van der Waals surface area contributed by atoms with Crippen molar-refractivity contribution in [2.75, 3.05) is 13.1 Å². The first-order valence-corrected chi connectivity index (χ1v) is 9.12. The van der Waals surface area contributed by atoms with Gasteiger partial charge in [-0.05, 0) is 46.8 Å². The van der Waals surface area contributed by atoms with E-state index >= 15 is 0 Å². The molecule has 2 fully saturated rings. The lowest BCUT2D eigenvalue weighted by Crippen LogP contribution is -2.48. The van der Waals surface area contributed by atoms with Crippen LogP contribution in [0.4, 0.5) is 9.18 Å². The van der Waals surface area contributed by atoms with Crippen LogP contribution in [0.5, 0.6) is 5.75 Å². The predicted molar refractivity (Wildman–Crippen MR) is 91.5 cm³/mol. The van der Waals surface area contributed by atoms with E-state index in [0.29, 0.717) is 28.1 Å². The number of amides is 1. The third-order valence-electron chi connectivity index (χ3n) is 4.75. The summed E-state index contributed by atoms with van der Waals surface area (Å²) in [6, 6.07) is 3.67. The number of hydrogen-bond acceptors (Lipinski definition) is 4. The Bertz CT molecular complexity index is 810. The van der Waals surface area contributed by atoms with Crippen LogP contribution in [0.25, 0.3) is 11.0 Å². The third-order valence-corrected chi connectivity index (χ3v) is 5.52. The molecule has 4 rings (SSSR count). The van der Waals surface area contributed by atoms with Gasteiger partial charge in [-0.1, -0.05) is 5.21 Å². The maximum atomic E-state index is 14.3. The Kier molecular flexibility index (Phi) is 4.26. The van der Waals surface area contributed by atoms with Crippen LogP contribution in [0.15, 0.2) is 16.6 Å². The molecule has 0 bridgehead atoms. The predicted octanol–water partition coefficient (Wildman–Crippen LogP) is 3.07. The minimum Gasteiger partial charge on any atom is -0.486 e. The number of carbonyl (C=O) groups is 1. The first-order chi connectivity index (χ1) is 12.0. The van der Waals surface area contributed by atoms with E-state index in [2.05, 4.69) is 26.2 Å². The highest BCUT2D eigenvalue weighted by atomic mass is 79.9. The van der Waals surface area contributed by atoms with Gasteiger partial charge in [0.05, 0.1) is 16.5 Å². The SMILES string of the molecule is O=C(O)N1CC[C@@H](Oc2ccc3c(nnn3CC3CC3)c2Br)[C@@H](F)C1. The monoisotopic (exact) mass is 412 g/mol. The van der Waals surface area contributed by atoms with Crippen molar-refractivity contribution < 1.29 is 19.0 Å². The van der Waals surface area contributed by atoms with Crippen molar-refractivity contribution in [1.29, 1.82) is 0 Å². The molecule has 2 heterocycles. The van der Waals surface area contributed by atoms with Crippen LogP contribution in [0.3, 0.4) is 0 Å². The van der Waals surface area contributed by atoms with Crippen molar-refractivity contribution in [2.24, 2.45) is 5.92 Å². The van der Waals surface area contributed by atoms with Gasteiger partial charge < -0.3 is 14.7 Å². The van der Waals surface area contributed by atoms with E-state index < -0.39 is 18.4 Å². The third kappa shape index (κ3) is 3.29. The smallest absolute Gasteiger partial charge is 0.407 e. The molecule has 9 heteroatoms. The lowest BCUT2D eigenvalue weighted by atomic mass is 10.1. The number of nitrogens with zero attached hydrogens (tertiary/aromatic N) is 4. The van der Waals surface area contributed by atoms with Gasteiger partial charge in [0.2, 0.25) is 0 Å². The fraction of sp³-hybridized carbons (Fsp3) is 0.562. The molecule has 2 aromatic rings. The minimum absolute atomic E-state index is 0.169. The number of carboxylic acid groups (broad SMARTS) is 1. The topological polar surface area (TPSA) is 80.5 Å². The van der Waals surface area contributed by atoms with E-state index in [1.165, 1.54) is 12.8 Å². The van der Waals surface area contributed by atoms with Crippen LogP contribution in [0, 0.1) is 5.92 Å². The molecule has 0 radical (unpaired) electrons. The van der Waals surface area contributed by atoms with Gasteiger partial charge in [0, 0.05) is 19.5 Å². The Hall–Kier alpha value is -1.90. The zero-order valence-electron chi connectivity index (χ0n) is 13.4. The molecule has 7 nitrogen and oxygen atoms in total. The number of alkyl halides is 1. The van der Waals surface area contributed by atoms with Crippen molar-refractivity contribution in [2.45, 2.75) is 38.1 Å². The van der Waals surface area contributed by atoms with E-state index in [4.69, 9.17) is 9.84 Å². The van der Waals surface area contributed by atoms with E-state index in [1.807, 2.05) is 10.7 Å². The van der Waals surface area contributed by atoms with Crippen molar-refractivity contribution >= 4 is 33.1 Å². The summed E-state index contributed by atoms with van der Waals surface area (Å²) in [4.78, 5) is 12.0. The second-order valence-corrected chi connectivity index (χ2v) is 7.44. The van der Waals surface area contributed by atoms with Gasteiger partial charge in [0.15, 0.2) is 6.17 Å². The zero-order chi connectivity index (χ0) is 17.6. The largest absolute Gasteiger partial charge is 0.486 e. The number of ether oxygens (including phenoxy) is 1. The highest BCUT2D eigenvalue weighted by Crippen LogP contribution is 2.36. The number of fused-ring (bicyclic) bond motifs is 1. The number of hydrogen-bond donors (Lipinski definition) is 1. The van der Waals surface area contributed by atoms with Gasteiger partial charge in [-0.15, -0.1) is 5.10 Å². The summed E-state index contributed by atoms with van der Waals surface area (Å²) in [6.45, 7) is 0.957. The first kappa shape index (κ1) is 16.6. The number of rotatable bonds is 4. The highest BCUT2D eigenvalue weighted by Gasteiger charge is 2.33. The van der Waals surface area contributed by atoms with Crippen LogP contribution in [-0.2, 0) is 6.54 Å². The Balaban J connectivity index is 1.51. The standard InChI is InChI=1S/C16H18BrFN4O3/c17-14-13(25-12-5-6-21(16(23)24)8-10(12)18)4-3-11-15(14)19-20-22(11)7-9-1-2-9/h3-4,9-10,12H,1-2,5-8H2,(H,23,24)/t10-,12+/m0/s1. The molecule has 1 N–H and O–H groups in total. The Labute approximate surface area is 151 Å². The zero-order valence-corrected chi connectivity index (χ0v) is 15.0. The van der Waals surface area contributed by atoms with Crippen molar-refractivity contribution in [3.05, 3.63) is 16.6 Å². The molecule has 1 saturated heterocycles. The van der Waals surface area contributed by atoms with E-state index in [0.717, 1.165) is 17.0 Å². The fourth-order valence-electron chi connectivity index (χ4n) is 3.11. The molecule has 0 spiro atoms. The number of benzene rings is 1. The quantitative estimate of drug-likeness (QED) is 0.834. The van der Waals surface area contributed by atoms with Crippen LogP contribution in [-0.4, -0.2) is 56.5 Å². The number of halogens is 2. The van der Waals surface area contributed by atoms with Gasteiger partial charge in [-0.25, -0.2) is 13.9 Å².